The summed E-state index contributed by atoms with van der Waals surface area (Å²) in [4.78, 5) is 13.9. The first-order valence-corrected chi connectivity index (χ1v) is 6.88. The van der Waals surface area contributed by atoms with Crippen LogP contribution in [0, 0.1) is 0 Å². The number of nitrogens with two attached hydrogens (primary N) is 1. The highest BCUT2D eigenvalue weighted by Crippen LogP contribution is 2.29. The summed E-state index contributed by atoms with van der Waals surface area (Å²) in [7, 11) is 0. The Morgan fingerprint density at radius 2 is 2.28 bits per heavy atom. The number of amides is 1. The second-order valence-electron chi connectivity index (χ2n) is 4.90. The van der Waals surface area contributed by atoms with Gasteiger partial charge in [0.05, 0.1) is 0 Å². The highest BCUT2D eigenvalue weighted by atomic mass is 16.2. The van der Waals surface area contributed by atoms with E-state index in [1.54, 1.807) is 0 Å². The summed E-state index contributed by atoms with van der Waals surface area (Å²) in [5.74, 6) is 0.256. The fraction of sp³-hybridized carbons (Fsp3) is 0.533. The lowest BCUT2D eigenvalue weighted by atomic mass is 10.0. The van der Waals surface area contributed by atoms with E-state index in [9.17, 15) is 4.79 Å². The van der Waals surface area contributed by atoms with Gasteiger partial charge in [-0.3, -0.25) is 4.79 Å². The molecule has 1 aliphatic rings. The lowest BCUT2D eigenvalue weighted by Gasteiger charge is -2.17. The Hall–Kier alpha value is -1.35. The van der Waals surface area contributed by atoms with Crippen molar-refractivity contribution in [3.8, 4) is 0 Å². The molecule has 0 unspecified atom stereocenters. The normalized spacial score (nSPS) is 13.8. The van der Waals surface area contributed by atoms with Gasteiger partial charge < -0.3 is 10.6 Å². The molecule has 3 heteroatoms. The maximum Gasteiger partial charge on any atom is 0.226 e. The van der Waals surface area contributed by atoms with Gasteiger partial charge in [-0.2, -0.15) is 0 Å². The van der Waals surface area contributed by atoms with Crippen LogP contribution in [0.1, 0.15) is 37.3 Å². The molecule has 0 fully saturated rings. The van der Waals surface area contributed by atoms with Crippen molar-refractivity contribution in [2.24, 2.45) is 5.73 Å². The summed E-state index contributed by atoms with van der Waals surface area (Å²) in [5.41, 5.74) is 9.30. The quantitative estimate of drug-likeness (QED) is 0.866. The van der Waals surface area contributed by atoms with Crippen molar-refractivity contribution >= 4 is 11.6 Å². The lowest BCUT2D eigenvalue weighted by molar-refractivity contribution is -0.118. The molecule has 98 valence electrons. The second kappa shape index (κ2) is 6.01. The molecule has 0 radical (unpaired) electrons. The van der Waals surface area contributed by atoms with Gasteiger partial charge in [0.25, 0.3) is 0 Å². The molecule has 0 bridgehead atoms. The van der Waals surface area contributed by atoms with Crippen molar-refractivity contribution in [2.75, 3.05) is 18.0 Å². The molecule has 0 aromatic heterocycles. The van der Waals surface area contributed by atoms with E-state index in [0.29, 0.717) is 6.42 Å². The van der Waals surface area contributed by atoms with E-state index < -0.39 is 0 Å². The summed E-state index contributed by atoms with van der Waals surface area (Å²) in [6.07, 6.45) is 4.61. The molecule has 0 atom stereocenters. The van der Waals surface area contributed by atoms with Crippen LogP contribution >= 0.6 is 0 Å². The van der Waals surface area contributed by atoms with E-state index in [1.807, 2.05) is 11.8 Å². The summed E-state index contributed by atoms with van der Waals surface area (Å²) in [6, 6.07) is 6.47. The minimum absolute atomic E-state index is 0.256. The fourth-order valence-corrected chi connectivity index (χ4v) is 2.52. The highest BCUT2D eigenvalue weighted by molar-refractivity contribution is 5.95. The molecule has 1 aromatic carbocycles. The number of aryl methyl sites for hydroxylation is 1. The minimum atomic E-state index is 0.256. The Kier molecular flexibility index (Phi) is 4.37. The Bertz CT molecular complexity index is 429. The summed E-state index contributed by atoms with van der Waals surface area (Å²) >= 11 is 0. The molecule has 0 saturated carbocycles. The number of rotatable bonds is 5. The van der Waals surface area contributed by atoms with Crippen LogP contribution < -0.4 is 10.6 Å². The van der Waals surface area contributed by atoms with Crippen molar-refractivity contribution in [1.82, 2.24) is 0 Å². The molecule has 2 N–H and O–H groups in total. The predicted octanol–water partition coefficient (Wildman–Crippen LogP) is 2.27. The van der Waals surface area contributed by atoms with Gasteiger partial charge in [-0.25, -0.2) is 0 Å². The molecular formula is C15H22N2O. The smallest absolute Gasteiger partial charge is 0.226 e. The number of anilines is 1. The molecule has 1 heterocycles. The first-order chi connectivity index (χ1) is 8.76. The summed E-state index contributed by atoms with van der Waals surface area (Å²) in [6.45, 7) is 3.62. The van der Waals surface area contributed by atoms with Gasteiger partial charge in [0.2, 0.25) is 5.91 Å². The number of carbonyl (C=O) groups is 1. The third-order valence-electron chi connectivity index (χ3n) is 3.47. The van der Waals surface area contributed by atoms with Crippen LogP contribution in [0.2, 0.25) is 0 Å². The Morgan fingerprint density at radius 3 is 3.00 bits per heavy atom. The van der Waals surface area contributed by atoms with Crippen molar-refractivity contribution in [1.29, 1.82) is 0 Å². The van der Waals surface area contributed by atoms with Crippen LogP contribution in [0.5, 0.6) is 0 Å². The van der Waals surface area contributed by atoms with Gasteiger partial charge in [0.15, 0.2) is 0 Å². The minimum Gasteiger partial charge on any atom is -0.330 e. The third-order valence-corrected chi connectivity index (χ3v) is 3.47. The molecule has 0 aliphatic carbocycles. The molecular weight excluding hydrogens is 224 g/mol. The van der Waals surface area contributed by atoms with E-state index in [4.69, 9.17) is 5.73 Å². The zero-order valence-electron chi connectivity index (χ0n) is 11.1. The number of fused-ring (bicyclic) bond motifs is 1. The van der Waals surface area contributed by atoms with E-state index in [-0.39, 0.29) is 5.91 Å². The van der Waals surface area contributed by atoms with Gasteiger partial charge in [0.1, 0.15) is 0 Å². The SMILES string of the molecule is CCCC(=O)N1CCc2cc(CCCN)ccc21. The van der Waals surface area contributed by atoms with Crippen molar-refractivity contribution < 1.29 is 4.79 Å². The third kappa shape index (κ3) is 2.72. The lowest BCUT2D eigenvalue weighted by Crippen LogP contribution is -2.28. The van der Waals surface area contributed by atoms with E-state index in [2.05, 4.69) is 18.2 Å². The molecule has 2 rings (SSSR count). The van der Waals surface area contributed by atoms with Crippen LogP contribution in [0.25, 0.3) is 0 Å². The highest BCUT2D eigenvalue weighted by Gasteiger charge is 2.23. The van der Waals surface area contributed by atoms with Gasteiger partial charge >= 0.3 is 0 Å². The van der Waals surface area contributed by atoms with Crippen molar-refractivity contribution in [3.63, 3.8) is 0 Å². The van der Waals surface area contributed by atoms with Crippen LogP contribution in [-0.4, -0.2) is 19.0 Å². The van der Waals surface area contributed by atoms with Gasteiger partial charge in [-0.15, -0.1) is 0 Å². The Balaban J connectivity index is 2.12. The number of hydrogen-bond acceptors (Lipinski definition) is 2. The second-order valence-corrected chi connectivity index (χ2v) is 4.90. The largest absolute Gasteiger partial charge is 0.330 e. The van der Waals surface area contributed by atoms with Gasteiger partial charge in [0, 0.05) is 18.7 Å². The van der Waals surface area contributed by atoms with Crippen LogP contribution in [-0.2, 0) is 17.6 Å². The van der Waals surface area contributed by atoms with Crippen molar-refractivity contribution in [2.45, 2.75) is 39.0 Å². The molecule has 3 nitrogen and oxygen atoms in total. The molecule has 0 saturated heterocycles. The topological polar surface area (TPSA) is 46.3 Å². The summed E-state index contributed by atoms with van der Waals surface area (Å²) in [5, 5.41) is 0. The van der Waals surface area contributed by atoms with Crippen LogP contribution in [0.3, 0.4) is 0 Å². The van der Waals surface area contributed by atoms with Gasteiger partial charge in [-0.1, -0.05) is 19.1 Å². The molecule has 1 aliphatic heterocycles. The van der Waals surface area contributed by atoms with Gasteiger partial charge in [-0.05, 0) is 49.4 Å². The average Bonchev–Trinajstić information content (AvgIpc) is 2.79. The predicted molar refractivity (Wildman–Crippen MR) is 74.8 cm³/mol. The summed E-state index contributed by atoms with van der Waals surface area (Å²) < 4.78 is 0. The maximum absolute atomic E-state index is 12.0. The number of benzene rings is 1. The molecule has 18 heavy (non-hydrogen) atoms. The van der Waals surface area contributed by atoms with E-state index >= 15 is 0 Å². The monoisotopic (exact) mass is 246 g/mol. The first kappa shape index (κ1) is 13.1. The van der Waals surface area contributed by atoms with Crippen LogP contribution in [0.15, 0.2) is 18.2 Å². The maximum atomic E-state index is 12.0. The molecule has 1 amide bonds. The Labute approximate surface area is 109 Å². The number of carbonyl (C=O) groups excluding carboxylic acids is 1. The number of hydrogen-bond donors (Lipinski definition) is 1. The van der Waals surface area contributed by atoms with Crippen molar-refractivity contribution in [3.05, 3.63) is 29.3 Å². The Morgan fingerprint density at radius 1 is 1.44 bits per heavy atom. The number of nitrogens with zero attached hydrogens (tertiary/aromatic N) is 1. The molecule has 1 aromatic rings. The standard InChI is InChI=1S/C15H22N2O/c1-2-4-15(18)17-10-8-13-11-12(5-3-9-16)6-7-14(13)17/h6-7,11H,2-5,8-10,16H2,1H3. The zero-order chi connectivity index (χ0) is 13.0. The van der Waals surface area contributed by atoms with Crippen LogP contribution in [0.4, 0.5) is 5.69 Å². The van der Waals surface area contributed by atoms with E-state index in [0.717, 1.165) is 44.5 Å². The average molecular weight is 246 g/mol. The first-order valence-electron chi connectivity index (χ1n) is 6.88. The van der Waals surface area contributed by atoms with E-state index in [1.165, 1.54) is 11.1 Å². The molecule has 0 spiro atoms. The zero-order valence-corrected chi connectivity index (χ0v) is 11.1. The fourth-order valence-electron chi connectivity index (χ4n) is 2.52.